The second-order valence-corrected chi connectivity index (χ2v) is 11.3. The number of nitrogens with zero attached hydrogens (tertiary/aromatic N) is 2. The van der Waals surface area contributed by atoms with Crippen molar-refractivity contribution in [2.75, 3.05) is 24.5 Å². The van der Waals surface area contributed by atoms with E-state index in [-0.39, 0.29) is 23.0 Å². The molecule has 0 aliphatic carbocycles. The minimum Gasteiger partial charge on any atom is -0.497 e. The first-order chi connectivity index (χ1) is 18.7. The molecule has 3 rings (SSSR count). The van der Waals surface area contributed by atoms with Crippen molar-refractivity contribution in [1.29, 1.82) is 0 Å². The van der Waals surface area contributed by atoms with Crippen LogP contribution in [0.25, 0.3) is 0 Å². The SMILES string of the molecule is CCCCNC(=O)[C@@H](C)N(Cc1cccc(OC)c1)C(=O)CN(c1cccc(Cl)c1)S(=O)(=O)c1ccccc1. The Balaban J connectivity index is 2.00. The number of sulfonamides is 1. The van der Waals surface area contributed by atoms with Crippen LogP contribution in [0.2, 0.25) is 5.02 Å². The Hall–Kier alpha value is -3.56. The van der Waals surface area contributed by atoms with Crippen LogP contribution < -0.4 is 14.4 Å². The minimum atomic E-state index is -4.14. The molecule has 0 bridgehead atoms. The summed E-state index contributed by atoms with van der Waals surface area (Å²) < 4.78 is 33.8. The van der Waals surface area contributed by atoms with Gasteiger partial charge in [0.1, 0.15) is 18.3 Å². The van der Waals surface area contributed by atoms with Gasteiger partial charge in [-0.05, 0) is 61.4 Å². The lowest BCUT2D eigenvalue weighted by Crippen LogP contribution is -2.51. The average molecular weight is 572 g/mol. The summed E-state index contributed by atoms with van der Waals surface area (Å²) in [6, 6.07) is 20.5. The van der Waals surface area contributed by atoms with E-state index in [0.717, 1.165) is 22.7 Å². The van der Waals surface area contributed by atoms with Gasteiger partial charge in [0.2, 0.25) is 11.8 Å². The number of ether oxygens (including phenoxy) is 1. The molecule has 1 atom stereocenters. The third-order valence-corrected chi connectivity index (χ3v) is 8.21. The molecule has 0 spiro atoms. The maximum atomic E-state index is 13.9. The predicted molar refractivity (Wildman–Crippen MR) is 153 cm³/mol. The summed E-state index contributed by atoms with van der Waals surface area (Å²) in [7, 11) is -2.60. The van der Waals surface area contributed by atoms with Crippen LogP contribution in [0.5, 0.6) is 5.75 Å². The molecule has 1 N–H and O–H groups in total. The molecule has 8 nitrogen and oxygen atoms in total. The minimum absolute atomic E-state index is 0.0301. The Bertz CT molecular complexity index is 1370. The third-order valence-electron chi connectivity index (χ3n) is 6.19. The van der Waals surface area contributed by atoms with Crippen LogP contribution in [0.15, 0.2) is 83.8 Å². The molecule has 3 aromatic rings. The zero-order valence-electron chi connectivity index (χ0n) is 22.3. The molecule has 0 aromatic heterocycles. The maximum absolute atomic E-state index is 13.9. The molecule has 0 aliphatic rings. The first-order valence-electron chi connectivity index (χ1n) is 12.7. The van der Waals surface area contributed by atoms with E-state index in [1.165, 1.54) is 23.1 Å². The molecular formula is C29H34ClN3O5S. The highest BCUT2D eigenvalue weighted by molar-refractivity contribution is 7.92. The number of hydrogen-bond acceptors (Lipinski definition) is 5. The van der Waals surface area contributed by atoms with Crippen molar-refractivity contribution >= 4 is 39.1 Å². The van der Waals surface area contributed by atoms with Gasteiger partial charge in [0.15, 0.2) is 0 Å². The van der Waals surface area contributed by atoms with Gasteiger partial charge in [0, 0.05) is 18.1 Å². The molecule has 0 radical (unpaired) electrons. The number of methoxy groups -OCH3 is 1. The van der Waals surface area contributed by atoms with Gasteiger partial charge in [-0.25, -0.2) is 8.42 Å². The Morgan fingerprint density at radius 2 is 1.72 bits per heavy atom. The fourth-order valence-corrected chi connectivity index (χ4v) is 5.58. The van der Waals surface area contributed by atoms with Crippen LogP contribution in [-0.4, -0.2) is 51.4 Å². The van der Waals surface area contributed by atoms with Gasteiger partial charge in [-0.1, -0.05) is 61.3 Å². The van der Waals surface area contributed by atoms with Crippen molar-refractivity contribution in [3.63, 3.8) is 0 Å². The molecule has 3 aromatic carbocycles. The van der Waals surface area contributed by atoms with Gasteiger partial charge >= 0.3 is 0 Å². The van der Waals surface area contributed by atoms with E-state index in [1.54, 1.807) is 68.6 Å². The van der Waals surface area contributed by atoms with Gasteiger partial charge in [-0.2, -0.15) is 0 Å². The zero-order chi connectivity index (χ0) is 28.4. The lowest BCUT2D eigenvalue weighted by atomic mass is 10.1. The van der Waals surface area contributed by atoms with Crippen LogP contribution in [-0.2, 0) is 26.2 Å². The molecule has 2 amide bonds. The van der Waals surface area contributed by atoms with Crippen molar-refractivity contribution in [3.05, 3.63) is 89.4 Å². The number of rotatable bonds is 13. The molecule has 0 fully saturated rings. The number of unbranched alkanes of at least 4 members (excludes halogenated alkanes) is 1. The highest BCUT2D eigenvalue weighted by Crippen LogP contribution is 2.27. The Kier molecular flexibility index (Phi) is 10.8. The molecule has 0 unspecified atom stereocenters. The van der Waals surface area contributed by atoms with Gasteiger partial charge in [-0.15, -0.1) is 0 Å². The Morgan fingerprint density at radius 3 is 2.38 bits per heavy atom. The molecule has 0 heterocycles. The van der Waals surface area contributed by atoms with E-state index in [2.05, 4.69) is 5.32 Å². The van der Waals surface area contributed by atoms with Crippen LogP contribution in [0.4, 0.5) is 5.69 Å². The fourth-order valence-electron chi connectivity index (χ4n) is 3.97. The summed E-state index contributed by atoms with van der Waals surface area (Å²) in [5.41, 5.74) is 0.970. The lowest BCUT2D eigenvalue weighted by Gasteiger charge is -2.32. The van der Waals surface area contributed by atoms with Crippen LogP contribution in [0, 0.1) is 0 Å². The summed E-state index contributed by atoms with van der Waals surface area (Å²) in [4.78, 5) is 28.3. The normalized spacial score (nSPS) is 11.9. The predicted octanol–water partition coefficient (Wildman–Crippen LogP) is 4.88. The van der Waals surface area contributed by atoms with Crippen molar-refractivity contribution < 1.29 is 22.7 Å². The van der Waals surface area contributed by atoms with E-state index in [1.807, 2.05) is 13.0 Å². The monoisotopic (exact) mass is 571 g/mol. The molecular weight excluding hydrogens is 538 g/mol. The number of benzene rings is 3. The van der Waals surface area contributed by atoms with Crippen LogP contribution >= 0.6 is 11.6 Å². The van der Waals surface area contributed by atoms with Crippen molar-refractivity contribution in [2.45, 2.75) is 44.2 Å². The number of amides is 2. The smallest absolute Gasteiger partial charge is 0.264 e. The number of nitrogens with one attached hydrogen (secondary N) is 1. The number of halogens is 1. The number of carbonyl (C=O) groups excluding carboxylic acids is 2. The van der Waals surface area contributed by atoms with Gasteiger partial charge < -0.3 is 15.0 Å². The molecule has 0 saturated carbocycles. The lowest BCUT2D eigenvalue weighted by molar-refractivity contribution is -0.139. The first-order valence-corrected chi connectivity index (χ1v) is 14.5. The largest absolute Gasteiger partial charge is 0.497 e. The van der Waals surface area contributed by atoms with E-state index >= 15 is 0 Å². The highest BCUT2D eigenvalue weighted by atomic mass is 35.5. The standard InChI is InChI=1S/C29H34ClN3O5S/c1-4-5-17-31-29(35)22(2)32(20-23-11-9-14-26(18-23)38-3)28(34)21-33(25-13-10-12-24(30)19-25)39(36,37)27-15-7-6-8-16-27/h6-16,18-19,22H,4-5,17,20-21H2,1-3H3,(H,31,35)/t22-/m1/s1. The number of anilines is 1. The van der Waals surface area contributed by atoms with Gasteiger partial charge in [-0.3, -0.25) is 13.9 Å². The number of hydrogen-bond donors (Lipinski definition) is 1. The van der Waals surface area contributed by atoms with Crippen LogP contribution in [0.3, 0.4) is 0 Å². The van der Waals surface area contributed by atoms with Crippen LogP contribution in [0.1, 0.15) is 32.3 Å². The average Bonchev–Trinajstić information content (AvgIpc) is 2.94. The van der Waals surface area contributed by atoms with E-state index < -0.39 is 28.5 Å². The van der Waals surface area contributed by atoms with Crippen molar-refractivity contribution in [1.82, 2.24) is 10.2 Å². The topological polar surface area (TPSA) is 96.0 Å². The Labute approximate surface area is 235 Å². The summed E-state index contributed by atoms with van der Waals surface area (Å²) >= 11 is 6.19. The molecule has 208 valence electrons. The van der Waals surface area contributed by atoms with E-state index in [9.17, 15) is 18.0 Å². The second kappa shape index (κ2) is 14.0. The van der Waals surface area contributed by atoms with Crippen molar-refractivity contribution in [2.24, 2.45) is 0 Å². The third kappa shape index (κ3) is 7.97. The van der Waals surface area contributed by atoms with E-state index in [0.29, 0.717) is 17.3 Å². The van der Waals surface area contributed by atoms with Gasteiger partial charge in [0.05, 0.1) is 17.7 Å². The molecule has 0 aliphatic heterocycles. The summed E-state index contributed by atoms with van der Waals surface area (Å²) in [5.74, 6) is -0.262. The second-order valence-electron chi connectivity index (χ2n) is 9.00. The summed E-state index contributed by atoms with van der Waals surface area (Å²) in [6.45, 7) is 3.68. The summed E-state index contributed by atoms with van der Waals surface area (Å²) in [5, 5.41) is 3.19. The summed E-state index contributed by atoms with van der Waals surface area (Å²) in [6.07, 6.45) is 1.72. The first kappa shape index (κ1) is 30.0. The maximum Gasteiger partial charge on any atom is 0.264 e. The molecule has 0 saturated heterocycles. The van der Waals surface area contributed by atoms with Gasteiger partial charge in [0.25, 0.3) is 10.0 Å². The quantitative estimate of drug-likeness (QED) is 0.295. The zero-order valence-corrected chi connectivity index (χ0v) is 23.9. The molecule has 39 heavy (non-hydrogen) atoms. The number of carbonyl (C=O) groups is 2. The fraction of sp³-hybridized carbons (Fsp3) is 0.310. The van der Waals surface area contributed by atoms with Crippen molar-refractivity contribution in [3.8, 4) is 5.75 Å². The van der Waals surface area contributed by atoms with E-state index in [4.69, 9.17) is 16.3 Å². The Morgan fingerprint density at radius 1 is 1.00 bits per heavy atom. The highest BCUT2D eigenvalue weighted by Gasteiger charge is 2.32. The molecule has 10 heteroatoms.